The van der Waals surface area contributed by atoms with Gasteiger partial charge in [0.1, 0.15) is 6.17 Å². The van der Waals surface area contributed by atoms with Crippen molar-refractivity contribution in [2.75, 3.05) is 13.1 Å². The molecule has 0 N–H and O–H groups in total. The highest BCUT2D eigenvalue weighted by Gasteiger charge is 2.37. The summed E-state index contributed by atoms with van der Waals surface area (Å²) in [7, 11) is 0. The number of likely N-dealkylation sites (tertiary alicyclic amines) is 1. The minimum absolute atomic E-state index is 0.0903. The highest BCUT2D eigenvalue weighted by Crippen LogP contribution is 2.35. The molecule has 0 aromatic carbocycles. The maximum absolute atomic E-state index is 13.8. The third kappa shape index (κ3) is 2.69. The Kier molecular flexibility index (Phi) is 3.57. The van der Waals surface area contributed by atoms with Gasteiger partial charge in [-0.05, 0) is 25.7 Å². The first kappa shape index (κ1) is 12.0. The molecule has 2 unspecified atom stereocenters. The van der Waals surface area contributed by atoms with E-state index in [2.05, 4.69) is 39.5 Å². The number of piperidine rings is 1. The Morgan fingerprint density at radius 2 is 1.86 bits per heavy atom. The SMILES string of the molecule is CC(C)N1CCC(F)C(C(C)(C)C)C1. The van der Waals surface area contributed by atoms with Gasteiger partial charge in [-0.1, -0.05) is 20.8 Å². The fourth-order valence-corrected chi connectivity index (χ4v) is 2.23. The van der Waals surface area contributed by atoms with E-state index in [1.165, 1.54) is 0 Å². The van der Waals surface area contributed by atoms with Gasteiger partial charge in [0.15, 0.2) is 0 Å². The van der Waals surface area contributed by atoms with E-state index in [-0.39, 0.29) is 11.3 Å². The van der Waals surface area contributed by atoms with Gasteiger partial charge in [0.2, 0.25) is 0 Å². The second kappa shape index (κ2) is 4.18. The predicted molar refractivity (Wildman–Crippen MR) is 59.2 cm³/mol. The Balaban J connectivity index is 2.65. The van der Waals surface area contributed by atoms with Crippen molar-refractivity contribution in [2.45, 2.75) is 53.3 Å². The summed E-state index contributed by atoms with van der Waals surface area (Å²) >= 11 is 0. The molecule has 1 aliphatic rings. The van der Waals surface area contributed by atoms with Crippen LogP contribution in [0.25, 0.3) is 0 Å². The Bertz CT molecular complexity index is 183. The van der Waals surface area contributed by atoms with Crippen molar-refractivity contribution >= 4 is 0 Å². The van der Waals surface area contributed by atoms with Crippen LogP contribution in [0.1, 0.15) is 41.0 Å². The van der Waals surface area contributed by atoms with Gasteiger partial charge in [-0.2, -0.15) is 0 Å². The maximum atomic E-state index is 13.8. The van der Waals surface area contributed by atoms with Crippen LogP contribution in [-0.4, -0.2) is 30.2 Å². The van der Waals surface area contributed by atoms with Crippen molar-refractivity contribution in [3.05, 3.63) is 0 Å². The predicted octanol–water partition coefficient (Wildman–Crippen LogP) is 3.10. The Morgan fingerprint density at radius 3 is 2.29 bits per heavy atom. The lowest BCUT2D eigenvalue weighted by molar-refractivity contribution is 0.0119. The molecule has 1 saturated heterocycles. The number of hydrogen-bond acceptors (Lipinski definition) is 1. The quantitative estimate of drug-likeness (QED) is 0.630. The zero-order valence-electron chi connectivity index (χ0n) is 10.2. The first-order valence-electron chi connectivity index (χ1n) is 5.70. The third-order valence-electron chi connectivity index (χ3n) is 3.40. The van der Waals surface area contributed by atoms with Crippen molar-refractivity contribution < 1.29 is 4.39 Å². The summed E-state index contributed by atoms with van der Waals surface area (Å²) < 4.78 is 13.8. The van der Waals surface area contributed by atoms with E-state index in [1.54, 1.807) is 0 Å². The summed E-state index contributed by atoms with van der Waals surface area (Å²) in [6, 6.07) is 0.548. The second-order valence-electron chi connectivity index (χ2n) is 5.87. The normalized spacial score (nSPS) is 31.1. The standard InChI is InChI=1S/C12H24FN/c1-9(2)14-7-6-11(13)10(8-14)12(3,4)5/h9-11H,6-8H2,1-5H3. The zero-order chi connectivity index (χ0) is 10.9. The van der Waals surface area contributed by atoms with Crippen LogP contribution >= 0.6 is 0 Å². The minimum Gasteiger partial charge on any atom is -0.300 e. The molecule has 0 aromatic rings. The number of hydrogen-bond donors (Lipinski definition) is 0. The molecule has 0 saturated carbocycles. The van der Waals surface area contributed by atoms with Gasteiger partial charge in [0.25, 0.3) is 0 Å². The highest BCUT2D eigenvalue weighted by atomic mass is 19.1. The molecule has 1 fully saturated rings. The van der Waals surface area contributed by atoms with E-state index >= 15 is 0 Å². The van der Waals surface area contributed by atoms with Crippen LogP contribution in [0.15, 0.2) is 0 Å². The summed E-state index contributed by atoms with van der Waals surface area (Å²) in [5.41, 5.74) is 0.0903. The zero-order valence-corrected chi connectivity index (χ0v) is 10.2. The summed E-state index contributed by atoms with van der Waals surface area (Å²) in [6.45, 7) is 12.7. The third-order valence-corrected chi connectivity index (χ3v) is 3.40. The molecule has 0 radical (unpaired) electrons. The fraction of sp³-hybridized carbons (Fsp3) is 1.00. The number of halogens is 1. The van der Waals surface area contributed by atoms with E-state index in [0.717, 1.165) is 13.1 Å². The molecule has 1 nitrogen and oxygen atoms in total. The monoisotopic (exact) mass is 201 g/mol. The molecule has 0 aromatic heterocycles. The van der Waals surface area contributed by atoms with Crippen LogP contribution in [0.4, 0.5) is 4.39 Å². The average molecular weight is 201 g/mol. The van der Waals surface area contributed by atoms with Crippen LogP contribution in [0.2, 0.25) is 0 Å². The van der Waals surface area contributed by atoms with Crippen LogP contribution in [0.5, 0.6) is 0 Å². The van der Waals surface area contributed by atoms with Crippen LogP contribution in [0, 0.1) is 11.3 Å². The molecule has 0 spiro atoms. The number of nitrogens with zero attached hydrogens (tertiary/aromatic N) is 1. The lowest BCUT2D eigenvalue weighted by Crippen LogP contribution is -2.49. The molecule has 1 aliphatic heterocycles. The van der Waals surface area contributed by atoms with Crippen LogP contribution in [-0.2, 0) is 0 Å². The molecule has 2 heteroatoms. The van der Waals surface area contributed by atoms with E-state index in [4.69, 9.17) is 0 Å². The smallest absolute Gasteiger partial charge is 0.106 e. The summed E-state index contributed by atoms with van der Waals surface area (Å²) in [4.78, 5) is 2.39. The molecule has 1 heterocycles. The summed E-state index contributed by atoms with van der Waals surface area (Å²) in [6.07, 6.45) is 0.102. The van der Waals surface area contributed by atoms with Crippen LogP contribution in [0.3, 0.4) is 0 Å². The topological polar surface area (TPSA) is 3.24 Å². The molecule has 14 heavy (non-hydrogen) atoms. The van der Waals surface area contributed by atoms with Gasteiger partial charge in [-0.25, -0.2) is 4.39 Å². The lowest BCUT2D eigenvalue weighted by atomic mass is 9.75. The fourth-order valence-electron chi connectivity index (χ4n) is 2.23. The lowest BCUT2D eigenvalue weighted by Gasteiger charge is -2.43. The number of alkyl halides is 1. The van der Waals surface area contributed by atoms with Crippen molar-refractivity contribution in [1.29, 1.82) is 0 Å². The molecule has 84 valence electrons. The summed E-state index contributed by atoms with van der Waals surface area (Å²) in [5, 5.41) is 0. The van der Waals surface area contributed by atoms with Gasteiger partial charge < -0.3 is 4.90 Å². The maximum Gasteiger partial charge on any atom is 0.106 e. The van der Waals surface area contributed by atoms with E-state index in [1.807, 2.05) is 0 Å². The van der Waals surface area contributed by atoms with Crippen LogP contribution < -0.4 is 0 Å². The molecular weight excluding hydrogens is 177 g/mol. The molecule has 0 amide bonds. The summed E-state index contributed by atoms with van der Waals surface area (Å²) in [5.74, 6) is 0.193. The Morgan fingerprint density at radius 1 is 1.29 bits per heavy atom. The Hall–Kier alpha value is -0.110. The van der Waals surface area contributed by atoms with E-state index in [0.29, 0.717) is 12.5 Å². The van der Waals surface area contributed by atoms with Gasteiger partial charge in [0.05, 0.1) is 0 Å². The van der Waals surface area contributed by atoms with Gasteiger partial charge in [0, 0.05) is 25.0 Å². The van der Waals surface area contributed by atoms with Crippen molar-refractivity contribution in [3.8, 4) is 0 Å². The molecule has 0 bridgehead atoms. The number of rotatable bonds is 1. The molecule has 2 atom stereocenters. The largest absolute Gasteiger partial charge is 0.300 e. The van der Waals surface area contributed by atoms with E-state index in [9.17, 15) is 4.39 Å². The molecule has 1 rings (SSSR count). The van der Waals surface area contributed by atoms with Crippen molar-refractivity contribution in [2.24, 2.45) is 11.3 Å². The first-order chi connectivity index (χ1) is 6.32. The van der Waals surface area contributed by atoms with Gasteiger partial charge >= 0.3 is 0 Å². The van der Waals surface area contributed by atoms with Gasteiger partial charge in [-0.15, -0.1) is 0 Å². The highest BCUT2D eigenvalue weighted by molar-refractivity contribution is 4.88. The van der Waals surface area contributed by atoms with E-state index < -0.39 is 6.17 Å². The first-order valence-corrected chi connectivity index (χ1v) is 5.70. The minimum atomic E-state index is -0.606. The van der Waals surface area contributed by atoms with Gasteiger partial charge in [-0.3, -0.25) is 0 Å². The second-order valence-corrected chi connectivity index (χ2v) is 5.87. The molecule has 0 aliphatic carbocycles. The Labute approximate surface area is 87.7 Å². The van der Waals surface area contributed by atoms with Crippen molar-refractivity contribution in [1.82, 2.24) is 4.90 Å². The molecular formula is C12H24FN. The average Bonchev–Trinajstić information content (AvgIpc) is 2.02. The van der Waals surface area contributed by atoms with Crippen molar-refractivity contribution in [3.63, 3.8) is 0 Å².